The second-order valence-corrected chi connectivity index (χ2v) is 12.4. The van der Waals surface area contributed by atoms with Crippen molar-refractivity contribution in [3.63, 3.8) is 0 Å². The number of ether oxygens (including phenoxy) is 2. The minimum atomic E-state index is -4.28. The Kier molecular flexibility index (Phi) is 12.5. The van der Waals surface area contributed by atoms with Gasteiger partial charge in [0.2, 0.25) is 11.8 Å². The quantitative estimate of drug-likeness (QED) is 0.205. The van der Waals surface area contributed by atoms with Gasteiger partial charge in [-0.3, -0.25) is 13.9 Å². The summed E-state index contributed by atoms with van der Waals surface area (Å²) in [6.45, 7) is 3.66. The normalized spacial score (nSPS) is 11.9. The summed E-state index contributed by atoms with van der Waals surface area (Å²) < 4.78 is 39.8. The summed E-state index contributed by atoms with van der Waals surface area (Å²) in [5, 5.41) is 3.55. The van der Waals surface area contributed by atoms with Crippen LogP contribution in [-0.2, 0) is 26.2 Å². The molecule has 2 amide bonds. The number of nitrogens with zero attached hydrogens (tertiary/aromatic N) is 2. The number of benzene rings is 3. The maximum Gasteiger partial charge on any atom is 0.264 e. The SMILES string of the molecule is CCCCNC(=O)[C@H](CC)N(Cc1ccc(Cl)c(Cl)c1)C(=O)CN(c1ccccc1OC)S(=O)(=O)c1ccc(OC)cc1. The molecule has 0 aliphatic rings. The fourth-order valence-corrected chi connectivity index (χ4v) is 6.23. The maximum absolute atomic E-state index is 14.2. The van der Waals surface area contributed by atoms with Gasteiger partial charge in [0, 0.05) is 13.1 Å². The van der Waals surface area contributed by atoms with Gasteiger partial charge in [0.15, 0.2) is 0 Å². The average molecular weight is 651 g/mol. The monoisotopic (exact) mass is 649 g/mol. The lowest BCUT2D eigenvalue weighted by molar-refractivity contribution is -0.140. The standard InChI is InChI=1S/C31H37Cl2N3O6S/c1-5-7-18-34-31(38)27(6-2)35(20-22-12-17-25(32)26(33)19-22)30(37)21-36(28-10-8-9-11-29(28)42-4)43(39,40)24-15-13-23(41-3)14-16-24/h8-17,19,27H,5-7,18,20-21H2,1-4H3,(H,34,38)/t27-/m0/s1. The molecule has 0 aliphatic carbocycles. The Morgan fingerprint density at radius 3 is 2.23 bits per heavy atom. The number of amides is 2. The first-order valence-electron chi connectivity index (χ1n) is 13.9. The number of carbonyl (C=O) groups excluding carboxylic acids is 2. The number of hydrogen-bond acceptors (Lipinski definition) is 6. The highest BCUT2D eigenvalue weighted by Crippen LogP contribution is 2.33. The van der Waals surface area contributed by atoms with Crippen molar-refractivity contribution in [2.45, 2.75) is 50.6 Å². The number of unbranched alkanes of at least 4 members (excludes halogenated alkanes) is 1. The van der Waals surface area contributed by atoms with Gasteiger partial charge in [-0.15, -0.1) is 0 Å². The molecule has 0 saturated heterocycles. The Morgan fingerprint density at radius 1 is 0.930 bits per heavy atom. The number of halogens is 2. The molecule has 0 spiro atoms. The number of para-hydroxylation sites is 2. The van der Waals surface area contributed by atoms with Crippen LogP contribution >= 0.6 is 23.2 Å². The van der Waals surface area contributed by atoms with Crippen molar-refractivity contribution in [2.75, 3.05) is 31.6 Å². The molecule has 1 atom stereocenters. The summed E-state index contributed by atoms with van der Waals surface area (Å²) in [7, 11) is -1.38. The van der Waals surface area contributed by atoms with Crippen molar-refractivity contribution in [3.05, 3.63) is 82.3 Å². The molecule has 0 heterocycles. The molecule has 43 heavy (non-hydrogen) atoms. The zero-order valence-electron chi connectivity index (χ0n) is 24.7. The van der Waals surface area contributed by atoms with E-state index in [2.05, 4.69) is 5.32 Å². The van der Waals surface area contributed by atoms with Gasteiger partial charge >= 0.3 is 0 Å². The van der Waals surface area contributed by atoms with Gasteiger partial charge < -0.3 is 19.7 Å². The van der Waals surface area contributed by atoms with E-state index in [1.165, 1.54) is 43.4 Å². The average Bonchev–Trinajstić information content (AvgIpc) is 3.01. The fourth-order valence-electron chi connectivity index (χ4n) is 4.48. The van der Waals surface area contributed by atoms with E-state index in [-0.39, 0.29) is 28.8 Å². The van der Waals surface area contributed by atoms with Gasteiger partial charge in [-0.25, -0.2) is 8.42 Å². The van der Waals surface area contributed by atoms with Gasteiger partial charge in [-0.1, -0.05) is 61.7 Å². The van der Waals surface area contributed by atoms with Gasteiger partial charge in [0.1, 0.15) is 24.1 Å². The Morgan fingerprint density at radius 2 is 1.63 bits per heavy atom. The predicted molar refractivity (Wildman–Crippen MR) is 170 cm³/mol. The summed E-state index contributed by atoms with van der Waals surface area (Å²) in [6.07, 6.45) is 1.97. The molecule has 0 saturated carbocycles. The third kappa shape index (κ3) is 8.55. The van der Waals surface area contributed by atoms with Gasteiger partial charge in [0.25, 0.3) is 10.0 Å². The molecule has 0 aromatic heterocycles. The molecular formula is C31H37Cl2N3O6S. The summed E-state index contributed by atoms with van der Waals surface area (Å²) in [6, 6.07) is 16.5. The van der Waals surface area contributed by atoms with Gasteiger partial charge in [-0.2, -0.15) is 0 Å². The fraction of sp³-hybridized carbons (Fsp3) is 0.355. The Bertz CT molecular complexity index is 1500. The molecule has 3 aromatic rings. The lowest BCUT2D eigenvalue weighted by Crippen LogP contribution is -2.52. The smallest absolute Gasteiger partial charge is 0.264 e. The number of anilines is 1. The van der Waals surface area contributed by atoms with Crippen LogP contribution < -0.4 is 19.1 Å². The summed E-state index contributed by atoms with van der Waals surface area (Å²) in [4.78, 5) is 28.9. The zero-order valence-corrected chi connectivity index (χ0v) is 27.0. The second kappa shape index (κ2) is 15.8. The van der Waals surface area contributed by atoms with Crippen LogP contribution in [0.25, 0.3) is 0 Å². The number of sulfonamides is 1. The zero-order chi connectivity index (χ0) is 31.6. The highest BCUT2D eigenvalue weighted by atomic mass is 35.5. The van der Waals surface area contributed by atoms with Crippen LogP contribution in [0, 0.1) is 0 Å². The molecule has 12 heteroatoms. The molecule has 232 valence electrons. The topological polar surface area (TPSA) is 105 Å². The summed E-state index contributed by atoms with van der Waals surface area (Å²) in [5.74, 6) is -0.183. The highest BCUT2D eigenvalue weighted by Gasteiger charge is 2.34. The molecule has 3 aromatic carbocycles. The predicted octanol–water partition coefficient (Wildman–Crippen LogP) is 5.93. The van der Waals surface area contributed by atoms with Gasteiger partial charge in [0.05, 0.1) is 34.8 Å². The number of methoxy groups -OCH3 is 2. The molecule has 3 rings (SSSR count). The van der Waals surface area contributed by atoms with E-state index in [1.54, 1.807) is 49.4 Å². The van der Waals surface area contributed by atoms with Crippen molar-refractivity contribution < 1.29 is 27.5 Å². The third-order valence-corrected chi connectivity index (χ3v) is 9.35. The van der Waals surface area contributed by atoms with Crippen LogP contribution in [0.1, 0.15) is 38.7 Å². The maximum atomic E-state index is 14.2. The molecule has 0 bridgehead atoms. The van der Waals surface area contributed by atoms with Crippen molar-refractivity contribution in [3.8, 4) is 11.5 Å². The molecule has 0 unspecified atom stereocenters. The summed E-state index contributed by atoms with van der Waals surface area (Å²) >= 11 is 12.4. The van der Waals surface area contributed by atoms with Crippen LogP contribution in [0.15, 0.2) is 71.6 Å². The summed E-state index contributed by atoms with van der Waals surface area (Å²) in [5.41, 5.74) is 0.800. The third-order valence-electron chi connectivity index (χ3n) is 6.83. The van der Waals surface area contributed by atoms with Crippen LogP contribution in [-0.4, -0.2) is 58.5 Å². The Hall–Kier alpha value is -3.47. The molecule has 0 aliphatic heterocycles. The number of carbonyl (C=O) groups is 2. The number of hydrogen-bond donors (Lipinski definition) is 1. The Balaban J connectivity index is 2.09. The lowest BCUT2D eigenvalue weighted by Gasteiger charge is -2.33. The van der Waals surface area contributed by atoms with Crippen LogP contribution in [0.2, 0.25) is 10.0 Å². The van der Waals surface area contributed by atoms with E-state index in [4.69, 9.17) is 32.7 Å². The largest absolute Gasteiger partial charge is 0.497 e. The van der Waals surface area contributed by atoms with Crippen molar-refractivity contribution >= 4 is 50.7 Å². The van der Waals surface area contributed by atoms with E-state index >= 15 is 0 Å². The lowest BCUT2D eigenvalue weighted by atomic mass is 10.1. The number of nitrogens with one attached hydrogen (secondary N) is 1. The van der Waals surface area contributed by atoms with Gasteiger partial charge in [-0.05, 0) is 66.9 Å². The van der Waals surface area contributed by atoms with Crippen molar-refractivity contribution in [1.29, 1.82) is 0 Å². The van der Waals surface area contributed by atoms with E-state index < -0.39 is 28.5 Å². The van der Waals surface area contributed by atoms with E-state index in [1.807, 2.05) is 6.92 Å². The van der Waals surface area contributed by atoms with E-state index in [0.29, 0.717) is 34.3 Å². The minimum Gasteiger partial charge on any atom is -0.497 e. The van der Waals surface area contributed by atoms with E-state index in [9.17, 15) is 18.0 Å². The molecular weight excluding hydrogens is 613 g/mol. The molecule has 0 fully saturated rings. The Labute approximate surface area is 263 Å². The van der Waals surface area contributed by atoms with Crippen LogP contribution in [0.5, 0.6) is 11.5 Å². The first-order valence-corrected chi connectivity index (χ1v) is 16.1. The minimum absolute atomic E-state index is 0.00221. The van der Waals surface area contributed by atoms with Crippen LogP contribution in [0.3, 0.4) is 0 Å². The second-order valence-electron chi connectivity index (χ2n) is 9.70. The van der Waals surface area contributed by atoms with Crippen molar-refractivity contribution in [2.24, 2.45) is 0 Å². The molecule has 0 radical (unpaired) electrons. The van der Waals surface area contributed by atoms with Crippen LogP contribution in [0.4, 0.5) is 5.69 Å². The van der Waals surface area contributed by atoms with Crippen molar-refractivity contribution in [1.82, 2.24) is 10.2 Å². The molecule has 9 nitrogen and oxygen atoms in total. The molecule has 1 N–H and O–H groups in total. The van der Waals surface area contributed by atoms with E-state index in [0.717, 1.165) is 17.1 Å². The number of rotatable bonds is 15. The highest BCUT2D eigenvalue weighted by molar-refractivity contribution is 7.92. The first-order chi connectivity index (χ1) is 20.6. The first kappa shape index (κ1) is 34.0.